The van der Waals surface area contributed by atoms with Gasteiger partial charge >= 0.3 is 5.97 Å². The van der Waals surface area contributed by atoms with E-state index in [1.165, 1.54) is 10.6 Å². The summed E-state index contributed by atoms with van der Waals surface area (Å²) in [4.78, 5) is 12.0. The Kier molecular flexibility index (Phi) is 8.95. The molecule has 0 spiro atoms. The lowest BCUT2D eigenvalue weighted by atomic mass is 10.0. The summed E-state index contributed by atoms with van der Waals surface area (Å²) >= 11 is 5.45. The van der Waals surface area contributed by atoms with Gasteiger partial charge in [-0.1, -0.05) is 57.5 Å². The summed E-state index contributed by atoms with van der Waals surface area (Å²) in [7, 11) is 0. The molecule has 7 heteroatoms. The summed E-state index contributed by atoms with van der Waals surface area (Å²) < 4.78 is 7.34. The molecule has 2 heterocycles. The minimum atomic E-state index is -1.04. The molecule has 1 unspecified atom stereocenters. The number of aromatic amines is 1. The largest absolute Gasteiger partial charge is 0.494 e. The third-order valence-corrected chi connectivity index (χ3v) is 3.90. The topological polar surface area (TPSA) is 80.1 Å². The number of H-pyrrole nitrogens is 1. The number of pyridine rings is 1. The number of hydrogen-bond donors (Lipinski definition) is 2. The molecule has 0 bridgehead atoms. The summed E-state index contributed by atoms with van der Waals surface area (Å²) in [6, 6.07) is 0.719. The molecule has 144 valence electrons. The van der Waals surface area contributed by atoms with Crippen molar-refractivity contribution >= 4 is 29.1 Å². The first-order chi connectivity index (χ1) is 13.0. The van der Waals surface area contributed by atoms with Gasteiger partial charge < -0.3 is 14.4 Å². The van der Waals surface area contributed by atoms with Crippen LogP contribution in [-0.4, -0.2) is 32.4 Å². The van der Waals surface area contributed by atoms with Gasteiger partial charge in [-0.25, -0.2) is 4.79 Å². The van der Waals surface area contributed by atoms with Crippen molar-refractivity contribution in [2.75, 3.05) is 6.61 Å². The van der Waals surface area contributed by atoms with E-state index in [0.717, 1.165) is 5.52 Å². The lowest BCUT2D eigenvalue weighted by Gasteiger charge is -2.19. The molecule has 0 aromatic carbocycles. The fraction of sp³-hybridized carbons (Fsp3) is 0.250. The number of allylic oxidation sites excluding steroid dienone is 4. The fourth-order valence-corrected chi connectivity index (χ4v) is 2.73. The van der Waals surface area contributed by atoms with E-state index in [0.29, 0.717) is 28.0 Å². The molecule has 0 aliphatic carbocycles. The molecule has 0 saturated carbocycles. The van der Waals surface area contributed by atoms with Crippen molar-refractivity contribution in [1.29, 1.82) is 0 Å². The van der Waals surface area contributed by atoms with Crippen LogP contribution in [0, 0.1) is 4.64 Å². The van der Waals surface area contributed by atoms with Gasteiger partial charge in [-0.05, 0) is 24.6 Å². The first-order valence-corrected chi connectivity index (χ1v) is 8.92. The van der Waals surface area contributed by atoms with Crippen molar-refractivity contribution in [2.24, 2.45) is 0 Å². The highest BCUT2D eigenvalue weighted by atomic mass is 32.1. The molecule has 0 radical (unpaired) electrons. The molecule has 6 nitrogen and oxygen atoms in total. The molecule has 0 aliphatic rings. The maximum Gasteiger partial charge on any atom is 0.331 e. The molecule has 1 atom stereocenters. The molecular formula is C20H25N3O3S. The summed E-state index contributed by atoms with van der Waals surface area (Å²) in [6.07, 6.45) is 9.64. The van der Waals surface area contributed by atoms with Gasteiger partial charge in [0.2, 0.25) is 0 Å². The molecule has 0 saturated heterocycles. The van der Waals surface area contributed by atoms with Crippen molar-refractivity contribution in [3.63, 3.8) is 0 Å². The van der Waals surface area contributed by atoms with Crippen LogP contribution in [0.3, 0.4) is 0 Å². The Morgan fingerprint density at radius 1 is 1.48 bits per heavy atom. The number of fused-ring (bicyclic) bond motifs is 1. The van der Waals surface area contributed by atoms with Gasteiger partial charge in [0, 0.05) is 6.20 Å². The zero-order chi connectivity index (χ0) is 20.4. The van der Waals surface area contributed by atoms with Gasteiger partial charge in [0.05, 0.1) is 22.9 Å². The Hall–Kier alpha value is -2.93. The Morgan fingerprint density at radius 3 is 2.78 bits per heavy atom. The first kappa shape index (κ1) is 22.1. The third-order valence-electron chi connectivity index (χ3n) is 3.47. The first-order valence-electron chi connectivity index (χ1n) is 8.51. The minimum absolute atomic E-state index is 0.335. The number of carbonyl (C=O) groups is 1. The number of hydrogen-bond acceptors (Lipinski definition) is 4. The van der Waals surface area contributed by atoms with Gasteiger partial charge in [0.15, 0.2) is 6.04 Å². The van der Waals surface area contributed by atoms with Crippen LogP contribution in [0.4, 0.5) is 0 Å². The summed E-state index contributed by atoms with van der Waals surface area (Å²) in [5, 5.41) is 17.3. The second-order valence-corrected chi connectivity index (χ2v) is 5.61. The predicted octanol–water partition coefficient (Wildman–Crippen LogP) is 4.96. The zero-order valence-electron chi connectivity index (χ0n) is 15.8. The van der Waals surface area contributed by atoms with Gasteiger partial charge in [-0.15, -0.1) is 0 Å². The average molecular weight is 388 g/mol. The van der Waals surface area contributed by atoms with E-state index in [4.69, 9.17) is 17.0 Å². The highest BCUT2D eigenvalue weighted by Crippen LogP contribution is 2.24. The van der Waals surface area contributed by atoms with Crippen LogP contribution in [0.15, 0.2) is 67.3 Å². The van der Waals surface area contributed by atoms with Crippen LogP contribution in [0.1, 0.15) is 26.8 Å². The van der Waals surface area contributed by atoms with E-state index in [9.17, 15) is 9.90 Å². The Balaban J connectivity index is 0.00000176. The predicted molar refractivity (Wildman–Crippen MR) is 111 cm³/mol. The zero-order valence-corrected chi connectivity index (χ0v) is 16.6. The van der Waals surface area contributed by atoms with E-state index in [1.807, 2.05) is 13.8 Å². The van der Waals surface area contributed by atoms with Gasteiger partial charge in [0.25, 0.3) is 0 Å². The second kappa shape index (κ2) is 10.9. The molecule has 2 aromatic heterocycles. The van der Waals surface area contributed by atoms with Crippen LogP contribution in [0.25, 0.3) is 10.9 Å². The van der Waals surface area contributed by atoms with Crippen LogP contribution >= 0.6 is 12.2 Å². The van der Waals surface area contributed by atoms with Gasteiger partial charge in [-0.2, -0.15) is 5.10 Å². The summed E-state index contributed by atoms with van der Waals surface area (Å²) in [5.74, 6) is -0.477. The molecule has 2 N–H and O–H groups in total. The van der Waals surface area contributed by atoms with Crippen molar-refractivity contribution in [3.05, 3.63) is 71.9 Å². The molecule has 2 aromatic rings. The normalized spacial score (nSPS) is 12.7. The quantitative estimate of drug-likeness (QED) is 0.289. The summed E-state index contributed by atoms with van der Waals surface area (Å²) in [6.45, 7) is 13.3. The van der Waals surface area contributed by atoms with Crippen LogP contribution in [0.5, 0.6) is 0 Å². The van der Waals surface area contributed by atoms with E-state index in [1.54, 1.807) is 43.6 Å². The SMILES string of the molecule is C=C/C=C(\C=C(/C)OCC=C)C(C(=O)O)n1ccc2[nH]ncc2c1=S.CC. The summed E-state index contributed by atoms with van der Waals surface area (Å²) in [5.41, 5.74) is 1.24. The number of carboxylic acids is 1. The number of ether oxygens (including phenoxy) is 1. The number of nitrogens with one attached hydrogen (secondary N) is 1. The van der Waals surface area contributed by atoms with Crippen molar-refractivity contribution < 1.29 is 14.6 Å². The fourth-order valence-electron chi connectivity index (χ4n) is 2.40. The Morgan fingerprint density at radius 2 is 2.19 bits per heavy atom. The third kappa shape index (κ3) is 5.52. The second-order valence-electron chi connectivity index (χ2n) is 5.22. The molecule has 0 aliphatic heterocycles. The number of nitrogens with zero attached hydrogens (tertiary/aromatic N) is 2. The average Bonchev–Trinajstić information content (AvgIpc) is 3.13. The number of carboxylic acid groups (broad SMARTS) is 1. The monoisotopic (exact) mass is 387 g/mol. The minimum Gasteiger partial charge on any atom is -0.494 e. The highest BCUT2D eigenvalue weighted by molar-refractivity contribution is 7.71. The maximum absolute atomic E-state index is 12.0. The maximum atomic E-state index is 12.0. The lowest BCUT2D eigenvalue weighted by molar-refractivity contribution is -0.139. The lowest BCUT2D eigenvalue weighted by Crippen LogP contribution is -2.21. The molecule has 0 amide bonds. The van der Waals surface area contributed by atoms with E-state index < -0.39 is 12.0 Å². The number of aliphatic carboxylic acids is 1. The smallest absolute Gasteiger partial charge is 0.331 e. The van der Waals surface area contributed by atoms with Crippen molar-refractivity contribution in [2.45, 2.75) is 26.8 Å². The molecular weight excluding hydrogens is 362 g/mol. The van der Waals surface area contributed by atoms with Crippen molar-refractivity contribution in [1.82, 2.24) is 14.8 Å². The number of aromatic nitrogens is 3. The van der Waals surface area contributed by atoms with Crippen LogP contribution in [0.2, 0.25) is 0 Å². The molecule has 2 rings (SSSR count). The standard InChI is InChI=1S/C18H19N3O3S.C2H6/c1-4-6-13(10-12(3)24-9-5-2)16(18(22)23)21-8-7-15-14(17(21)25)11-19-20-15;1-2/h4-8,10-11,16H,1-2,9H2,3H3,(H,19,20)(H,22,23);1-2H3/b12-10+,13-6+;. The Bertz CT molecular complexity index is 922. The van der Waals surface area contributed by atoms with Crippen LogP contribution < -0.4 is 0 Å². The van der Waals surface area contributed by atoms with E-state index in [-0.39, 0.29) is 0 Å². The molecule has 0 fully saturated rings. The van der Waals surface area contributed by atoms with Gasteiger partial charge in [0.1, 0.15) is 11.2 Å². The van der Waals surface area contributed by atoms with E-state index >= 15 is 0 Å². The Labute approximate surface area is 164 Å². The molecule has 27 heavy (non-hydrogen) atoms. The number of rotatable bonds is 8. The van der Waals surface area contributed by atoms with Gasteiger partial charge in [-0.3, -0.25) is 5.10 Å². The van der Waals surface area contributed by atoms with Crippen LogP contribution in [-0.2, 0) is 9.53 Å². The van der Waals surface area contributed by atoms with Crippen molar-refractivity contribution in [3.8, 4) is 0 Å². The van der Waals surface area contributed by atoms with E-state index in [2.05, 4.69) is 23.4 Å². The highest BCUT2D eigenvalue weighted by Gasteiger charge is 2.24.